The van der Waals surface area contributed by atoms with Crippen LogP contribution in [0.1, 0.15) is 24.5 Å². The van der Waals surface area contributed by atoms with Gasteiger partial charge >= 0.3 is 12.1 Å². The van der Waals surface area contributed by atoms with Gasteiger partial charge in [0, 0.05) is 0 Å². The van der Waals surface area contributed by atoms with Crippen LogP contribution in [-0.2, 0) is 23.8 Å². The Hall–Kier alpha value is -4.38. The third kappa shape index (κ3) is 4.28. The lowest BCUT2D eigenvalue weighted by Gasteiger charge is -2.45. The Labute approximate surface area is 202 Å². The molecule has 1 amide bonds. The van der Waals surface area contributed by atoms with Crippen molar-refractivity contribution in [2.45, 2.75) is 25.5 Å². The minimum atomic E-state index is -0.895. The summed E-state index contributed by atoms with van der Waals surface area (Å²) in [4.78, 5) is 39.4. The van der Waals surface area contributed by atoms with Crippen molar-refractivity contribution in [2.75, 3.05) is 13.2 Å². The SMILES string of the molecule is C=CCOC(=O)O[C@H](C)[C@H]1C(=O)N2C(C(=O)OCC=C)=C(c3cc(C#N)c4ccccc4c3)C[C@H]12. The fourth-order valence-corrected chi connectivity index (χ4v) is 4.67. The second-order valence-corrected chi connectivity index (χ2v) is 8.25. The molecule has 0 N–H and O–H groups in total. The van der Waals surface area contributed by atoms with Gasteiger partial charge < -0.3 is 19.1 Å². The third-order valence-corrected chi connectivity index (χ3v) is 6.17. The van der Waals surface area contributed by atoms with E-state index in [9.17, 15) is 19.6 Å². The molecule has 8 nitrogen and oxygen atoms in total. The molecule has 178 valence electrons. The number of nitrogens with zero attached hydrogens (tertiary/aromatic N) is 2. The number of rotatable bonds is 8. The van der Waals surface area contributed by atoms with Gasteiger partial charge in [0.1, 0.15) is 25.0 Å². The van der Waals surface area contributed by atoms with E-state index in [1.807, 2.05) is 30.3 Å². The van der Waals surface area contributed by atoms with Gasteiger partial charge in [0.2, 0.25) is 5.91 Å². The smallest absolute Gasteiger partial charge is 0.457 e. The number of hydrogen-bond donors (Lipinski definition) is 0. The average molecular weight is 472 g/mol. The van der Waals surface area contributed by atoms with Crippen molar-refractivity contribution in [3.05, 3.63) is 78.5 Å². The number of carbonyl (C=O) groups excluding carboxylic acids is 3. The van der Waals surface area contributed by atoms with E-state index in [1.165, 1.54) is 17.1 Å². The zero-order valence-corrected chi connectivity index (χ0v) is 19.2. The molecule has 0 bridgehead atoms. The average Bonchev–Trinajstić information content (AvgIpc) is 3.20. The van der Waals surface area contributed by atoms with Gasteiger partial charge in [0.05, 0.1) is 23.6 Å². The molecule has 0 unspecified atom stereocenters. The van der Waals surface area contributed by atoms with Crippen LogP contribution in [-0.4, -0.2) is 48.3 Å². The molecule has 3 atom stereocenters. The Kier molecular flexibility index (Phi) is 6.69. The van der Waals surface area contributed by atoms with E-state index >= 15 is 0 Å². The van der Waals surface area contributed by atoms with Crippen LogP contribution in [0.25, 0.3) is 16.3 Å². The second kappa shape index (κ2) is 9.85. The Morgan fingerprint density at radius 3 is 2.63 bits per heavy atom. The van der Waals surface area contributed by atoms with Gasteiger partial charge in [-0.3, -0.25) is 4.79 Å². The molecule has 35 heavy (non-hydrogen) atoms. The molecule has 0 radical (unpaired) electrons. The van der Waals surface area contributed by atoms with Crippen molar-refractivity contribution in [3.63, 3.8) is 0 Å². The highest BCUT2D eigenvalue weighted by Gasteiger charge is 2.58. The topological polar surface area (TPSA) is 106 Å². The number of fused-ring (bicyclic) bond motifs is 2. The lowest BCUT2D eigenvalue weighted by Crippen LogP contribution is -2.62. The van der Waals surface area contributed by atoms with E-state index in [0.29, 0.717) is 23.1 Å². The van der Waals surface area contributed by atoms with Crippen LogP contribution in [0.3, 0.4) is 0 Å². The molecular formula is C27H24N2O6. The first-order valence-electron chi connectivity index (χ1n) is 11.1. The van der Waals surface area contributed by atoms with Crippen LogP contribution in [0.4, 0.5) is 4.79 Å². The summed E-state index contributed by atoms with van der Waals surface area (Å²) in [5.41, 5.74) is 1.86. The summed E-state index contributed by atoms with van der Waals surface area (Å²) in [5, 5.41) is 11.3. The molecule has 2 aromatic carbocycles. The highest BCUT2D eigenvalue weighted by atomic mass is 16.7. The molecule has 0 aromatic heterocycles. The van der Waals surface area contributed by atoms with Gasteiger partial charge in [0.25, 0.3) is 0 Å². The van der Waals surface area contributed by atoms with Crippen molar-refractivity contribution in [3.8, 4) is 6.07 Å². The maximum Gasteiger partial charge on any atom is 0.508 e. The van der Waals surface area contributed by atoms with E-state index in [4.69, 9.17) is 14.2 Å². The number of esters is 1. The van der Waals surface area contributed by atoms with Gasteiger partial charge in [-0.25, -0.2) is 9.59 Å². The summed E-state index contributed by atoms with van der Waals surface area (Å²) < 4.78 is 15.4. The minimum absolute atomic E-state index is 0.00605. The summed E-state index contributed by atoms with van der Waals surface area (Å²) in [6.45, 7) is 8.64. The molecule has 1 saturated heterocycles. The van der Waals surface area contributed by atoms with Crippen LogP contribution in [0.2, 0.25) is 0 Å². The number of benzene rings is 2. The Bertz CT molecular complexity index is 1300. The monoisotopic (exact) mass is 472 g/mol. The van der Waals surface area contributed by atoms with E-state index in [0.717, 1.165) is 10.8 Å². The van der Waals surface area contributed by atoms with E-state index in [-0.39, 0.29) is 24.8 Å². The quantitative estimate of drug-likeness (QED) is 0.323. The first-order valence-corrected chi connectivity index (χ1v) is 11.1. The fourth-order valence-electron chi connectivity index (χ4n) is 4.67. The zero-order chi connectivity index (χ0) is 25.1. The van der Waals surface area contributed by atoms with Gasteiger partial charge in [-0.1, -0.05) is 49.6 Å². The van der Waals surface area contributed by atoms with Crippen molar-refractivity contribution < 1.29 is 28.6 Å². The predicted molar refractivity (Wildman–Crippen MR) is 128 cm³/mol. The standard InChI is InChI=1S/C27H24N2O6/c1-4-10-33-26(31)24-21(18-12-17-8-6-7-9-20(17)19(13-18)15-28)14-22-23(25(30)29(22)24)16(3)35-27(32)34-11-5-2/h4-9,12-13,16,22-23H,1-2,10-11,14H2,3H3/t16-,22-,23-/m1/s1. The Balaban J connectivity index is 1.70. The van der Waals surface area contributed by atoms with Crippen LogP contribution in [0.15, 0.2) is 67.4 Å². The lowest BCUT2D eigenvalue weighted by molar-refractivity contribution is -0.162. The van der Waals surface area contributed by atoms with E-state index < -0.39 is 30.2 Å². The lowest BCUT2D eigenvalue weighted by atomic mass is 9.82. The molecule has 0 spiro atoms. The van der Waals surface area contributed by atoms with Crippen LogP contribution < -0.4 is 0 Å². The summed E-state index contributed by atoms with van der Waals surface area (Å²) in [5.74, 6) is -1.65. The summed E-state index contributed by atoms with van der Waals surface area (Å²) in [6, 6.07) is 12.9. The van der Waals surface area contributed by atoms with Crippen molar-refractivity contribution in [2.24, 2.45) is 5.92 Å². The van der Waals surface area contributed by atoms with Crippen LogP contribution in [0.5, 0.6) is 0 Å². The van der Waals surface area contributed by atoms with Crippen molar-refractivity contribution in [1.29, 1.82) is 5.26 Å². The van der Waals surface area contributed by atoms with Gasteiger partial charge in [-0.2, -0.15) is 5.26 Å². The molecule has 4 rings (SSSR count). The number of amides is 1. The molecule has 8 heteroatoms. The number of ether oxygens (including phenoxy) is 3. The Morgan fingerprint density at radius 1 is 1.20 bits per heavy atom. The number of carbonyl (C=O) groups is 3. The summed E-state index contributed by atoms with van der Waals surface area (Å²) in [7, 11) is 0. The number of β-lactam (4-membered cyclic amide) rings is 1. The van der Waals surface area contributed by atoms with Crippen molar-refractivity contribution in [1.82, 2.24) is 4.90 Å². The molecule has 2 aromatic rings. The maximum atomic E-state index is 13.1. The number of nitriles is 1. The van der Waals surface area contributed by atoms with E-state index in [1.54, 1.807) is 13.0 Å². The first kappa shape index (κ1) is 23.8. The highest BCUT2D eigenvalue weighted by molar-refractivity contribution is 6.07. The third-order valence-electron chi connectivity index (χ3n) is 6.17. The molecule has 0 aliphatic carbocycles. The van der Waals surface area contributed by atoms with Crippen LogP contribution in [0, 0.1) is 17.2 Å². The minimum Gasteiger partial charge on any atom is -0.457 e. The summed E-state index contributed by atoms with van der Waals surface area (Å²) in [6.07, 6.45) is 1.54. The molecule has 1 fully saturated rings. The summed E-state index contributed by atoms with van der Waals surface area (Å²) >= 11 is 0. The molecule has 2 heterocycles. The fraction of sp³-hybridized carbons (Fsp3) is 0.259. The normalized spacial score (nSPS) is 19.3. The van der Waals surface area contributed by atoms with Gasteiger partial charge in [-0.05, 0) is 47.4 Å². The molecule has 2 aliphatic heterocycles. The maximum absolute atomic E-state index is 13.1. The van der Waals surface area contributed by atoms with Crippen molar-refractivity contribution >= 4 is 34.4 Å². The molecule has 2 aliphatic rings. The second-order valence-electron chi connectivity index (χ2n) is 8.25. The molecule has 0 saturated carbocycles. The number of hydrogen-bond acceptors (Lipinski definition) is 7. The Morgan fingerprint density at radius 2 is 1.91 bits per heavy atom. The largest absolute Gasteiger partial charge is 0.508 e. The zero-order valence-electron chi connectivity index (χ0n) is 19.2. The van der Waals surface area contributed by atoms with Gasteiger partial charge in [0.15, 0.2) is 0 Å². The van der Waals surface area contributed by atoms with Crippen LogP contribution >= 0.6 is 0 Å². The predicted octanol–water partition coefficient (Wildman–Crippen LogP) is 4.11. The van der Waals surface area contributed by atoms with E-state index in [2.05, 4.69) is 19.2 Å². The highest BCUT2D eigenvalue weighted by Crippen LogP contribution is 2.48. The van der Waals surface area contributed by atoms with Gasteiger partial charge in [-0.15, -0.1) is 0 Å². The molecular weight excluding hydrogens is 448 g/mol. The first-order chi connectivity index (χ1) is 16.9.